The second-order valence-corrected chi connectivity index (χ2v) is 7.90. The number of carbonyl (C=O) groups is 2. The van der Waals surface area contributed by atoms with Crippen molar-refractivity contribution >= 4 is 11.9 Å². The van der Waals surface area contributed by atoms with Crippen LogP contribution in [0.25, 0.3) is 0 Å². The molecule has 3 rings (SSSR count). The van der Waals surface area contributed by atoms with Crippen LogP contribution in [-0.4, -0.2) is 61.1 Å². The van der Waals surface area contributed by atoms with E-state index in [1.165, 1.54) is 12.8 Å². The summed E-state index contributed by atoms with van der Waals surface area (Å²) in [5.41, 5.74) is 1.15. The third kappa shape index (κ3) is 5.88. The maximum absolute atomic E-state index is 12.7. The summed E-state index contributed by atoms with van der Waals surface area (Å²) in [6, 6.07) is 7.82. The number of nitrogens with zero attached hydrogens (tertiary/aromatic N) is 2. The SMILES string of the molecule is Cc1cccc(OCCNC(=O)N2CCC(C(=O)N3CCCCCC3)CC2)c1. The van der Waals surface area contributed by atoms with E-state index in [-0.39, 0.29) is 11.9 Å². The Morgan fingerprint density at radius 3 is 2.43 bits per heavy atom. The van der Waals surface area contributed by atoms with Crippen LogP contribution in [0.1, 0.15) is 44.1 Å². The van der Waals surface area contributed by atoms with E-state index < -0.39 is 0 Å². The molecule has 0 radical (unpaired) electrons. The maximum atomic E-state index is 12.7. The van der Waals surface area contributed by atoms with E-state index in [9.17, 15) is 9.59 Å². The van der Waals surface area contributed by atoms with Gasteiger partial charge in [0.2, 0.25) is 5.91 Å². The minimum Gasteiger partial charge on any atom is -0.492 e. The molecule has 2 heterocycles. The van der Waals surface area contributed by atoms with Crippen molar-refractivity contribution in [2.75, 3.05) is 39.3 Å². The van der Waals surface area contributed by atoms with E-state index in [1.54, 1.807) is 0 Å². The third-order valence-electron chi connectivity index (χ3n) is 5.69. The molecule has 0 atom stereocenters. The van der Waals surface area contributed by atoms with Gasteiger partial charge in [0.05, 0.1) is 6.54 Å². The highest BCUT2D eigenvalue weighted by Crippen LogP contribution is 2.21. The van der Waals surface area contributed by atoms with E-state index in [0.29, 0.717) is 32.1 Å². The van der Waals surface area contributed by atoms with Crippen molar-refractivity contribution in [2.24, 2.45) is 5.92 Å². The normalized spacial score (nSPS) is 18.5. The highest BCUT2D eigenvalue weighted by molar-refractivity contribution is 5.80. The van der Waals surface area contributed by atoms with Gasteiger partial charge in [-0.2, -0.15) is 0 Å². The first-order valence-electron chi connectivity index (χ1n) is 10.6. The lowest BCUT2D eigenvalue weighted by atomic mass is 9.95. The van der Waals surface area contributed by atoms with Crippen LogP contribution in [0.5, 0.6) is 5.75 Å². The number of likely N-dealkylation sites (tertiary alicyclic amines) is 2. The van der Waals surface area contributed by atoms with Crippen molar-refractivity contribution < 1.29 is 14.3 Å². The molecule has 1 aromatic carbocycles. The summed E-state index contributed by atoms with van der Waals surface area (Å²) in [5.74, 6) is 1.20. The highest BCUT2D eigenvalue weighted by Gasteiger charge is 2.30. The van der Waals surface area contributed by atoms with E-state index >= 15 is 0 Å². The molecule has 3 amide bonds. The van der Waals surface area contributed by atoms with Crippen molar-refractivity contribution in [3.63, 3.8) is 0 Å². The Balaban J connectivity index is 1.34. The maximum Gasteiger partial charge on any atom is 0.317 e. The van der Waals surface area contributed by atoms with Gasteiger partial charge < -0.3 is 19.9 Å². The van der Waals surface area contributed by atoms with Crippen LogP contribution < -0.4 is 10.1 Å². The van der Waals surface area contributed by atoms with Gasteiger partial charge in [-0.1, -0.05) is 25.0 Å². The van der Waals surface area contributed by atoms with Crippen LogP contribution in [0.2, 0.25) is 0 Å². The lowest BCUT2D eigenvalue weighted by Crippen LogP contribution is -2.48. The molecular weight excluding hydrogens is 354 g/mol. The fraction of sp³-hybridized carbons (Fsp3) is 0.636. The second kappa shape index (κ2) is 10.3. The van der Waals surface area contributed by atoms with Gasteiger partial charge >= 0.3 is 6.03 Å². The average Bonchev–Trinajstić information content (AvgIpc) is 3.00. The monoisotopic (exact) mass is 387 g/mol. The molecule has 0 unspecified atom stereocenters. The molecule has 1 N–H and O–H groups in total. The summed E-state index contributed by atoms with van der Waals surface area (Å²) in [4.78, 5) is 29.0. The Bertz CT molecular complexity index is 648. The van der Waals surface area contributed by atoms with Gasteiger partial charge in [0, 0.05) is 32.1 Å². The molecular formula is C22H33N3O3. The summed E-state index contributed by atoms with van der Waals surface area (Å²) in [6.45, 7) is 6.04. The molecule has 0 spiro atoms. The molecule has 2 aliphatic rings. The van der Waals surface area contributed by atoms with Gasteiger partial charge in [0.15, 0.2) is 0 Å². The standard InChI is InChI=1S/C22H33N3O3/c1-18-7-6-8-20(17-18)28-16-11-23-22(27)25-14-9-19(10-15-25)21(26)24-12-4-2-3-5-13-24/h6-8,17,19H,2-5,9-16H2,1H3,(H,23,27). The number of carbonyl (C=O) groups excluding carboxylic acids is 2. The molecule has 0 aromatic heterocycles. The summed E-state index contributed by atoms with van der Waals surface area (Å²) in [5, 5.41) is 2.92. The van der Waals surface area contributed by atoms with Crippen molar-refractivity contribution in [3.8, 4) is 5.75 Å². The van der Waals surface area contributed by atoms with Crippen LogP contribution in [0.15, 0.2) is 24.3 Å². The number of nitrogens with one attached hydrogen (secondary N) is 1. The number of hydrogen-bond donors (Lipinski definition) is 1. The molecule has 6 heteroatoms. The fourth-order valence-corrected chi connectivity index (χ4v) is 4.02. The second-order valence-electron chi connectivity index (χ2n) is 7.90. The molecule has 0 bridgehead atoms. The quantitative estimate of drug-likeness (QED) is 0.789. The molecule has 1 aromatic rings. The van der Waals surface area contributed by atoms with Crippen molar-refractivity contribution in [2.45, 2.75) is 45.4 Å². The van der Waals surface area contributed by atoms with Gasteiger partial charge in [0.25, 0.3) is 0 Å². The molecule has 154 valence electrons. The summed E-state index contributed by atoms with van der Waals surface area (Å²) in [7, 11) is 0. The summed E-state index contributed by atoms with van der Waals surface area (Å²) >= 11 is 0. The van der Waals surface area contributed by atoms with Crippen molar-refractivity contribution in [1.82, 2.24) is 15.1 Å². The topological polar surface area (TPSA) is 61.9 Å². The largest absolute Gasteiger partial charge is 0.492 e. The van der Waals surface area contributed by atoms with E-state index in [0.717, 1.165) is 50.1 Å². The summed E-state index contributed by atoms with van der Waals surface area (Å²) in [6.07, 6.45) is 6.24. The third-order valence-corrected chi connectivity index (χ3v) is 5.69. The first-order valence-corrected chi connectivity index (χ1v) is 10.6. The molecule has 0 aliphatic carbocycles. The first kappa shape index (κ1) is 20.5. The Kier molecular flexibility index (Phi) is 7.57. The Morgan fingerprint density at radius 1 is 1.04 bits per heavy atom. The molecule has 28 heavy (non-hydrogen) atoms. The first-order chi connectivity index (χ1) is 13.6. The molecule has 6 nitrogen and oxygen atoms in total. The molecule has 2 aliphatic heterocycles. The van der Waals surface area contributed by atoms with Crippen LogP contribution >= 0.6 is 0 Å². The predicted molar refractivity (Wildman–Crippen MR) is 109 cm³/mol. The van der Waals surface area contributed by atoms with Crippen molar-refractivity contribution in [1.29, 1.82) is 0 Å². The Morgan fingerprint density at radius 2 is 1.75 bits per heavy atom. The van der Waals surface area contributed by atoms with Gasteiger partial charge in [-0.3, -0.25) is 4.79 Å². The lowest BCUT2D eigenvalue weighted by Gasteiger charge is -2.34. The number of rotatable bonds is 5. The van der Waals surface area contributed by atoms with Gasteiger partial charge in [-0.15, -0.1) is 0 Å². The number of urea groups is 1. The fourth-order valence-electron chi connectivity index (χ4n) is 4.02. The van der Waals surface area contributed by atoms with E-state index in [1.807, 2.05) is 36.1 Å². The number of amides is 3. The van der Waals surface area contributed by atoms with Gasteiger partial charge in [-0.05, 0) is 50.3 Å². The van der Waals surface area contributed by atoms with Crippen LogP contribution in [0.3, 0.4) is 0 Å². The average molecular weight is 388 g/mol. The lowest BCUT2D eigenvalue weighted by molar-refractivity contribution is -0.136. The Labute approximate surface area is 168 Å². The minimum atomic E-state index is -0.0616. The van der Waals surface area contributed by atoms with Crippen LogP contribution in [-0.2, 0) is 4.79 Å². The Hall–Kier alpha value is -2.24. The number of ether oxygens (including phenoxy) is 1. The number of benzene rings is 1. The highest BCUT2D eigenvalue weighted by atomic mass is 16.5. The van der Waals surface area contributed by atoms with Crippen LogP contribution in [0.4, 0.5) is 4.79 Å². The number of piperidine rings is 1. The zero-order valence-electron chi connectivity index (χ0n) is 17.0. The number of hydrogen-bond acceptors (Lipinski definition) is 3. The zero-order valence-corrected chi connectivity index (χ0v) is 17.0. The molecule has 2 fully saturated rings. The van der Waals surface area contributed by atoms with E-state index in [4.69, 9.17) is 4.74 Å². The minimum absolute atomic E-state index is 0.0616. The number of aryl methyl sites for hydroxylation is 1. The van der Waals surface area contributed by atoms with Gasteiger partial charge in [0.1, 0.15) is 12.4 Å². The predicted octanol–water partition coefficient (Wildman–Crippen LogP) is 3.20. The van der Waals surface area contributed by atoms with Gasteiger partial charge in [-0.25, -0.2) is 4.79 Å². The molecule has 0 saturated carbocycles. The summed E-state index contributed by atoms with van der Waals surface area (Å²) < 4.78 is 5.67. The molecule has 2 saturated heterocycles. The van der Waals surface area contributed by atoms with E-state index in [2.05, 4.69) is 10.2 Å². The zero-order chi connectivity index (χ0) is 19.8. The van der Waals surface area contributed by atoms with Crippen LogP contribution in [0, 0.1) is 12.8 Å². The van der Waals surface area contributed by atoms with Crippen molar-refractivity contribution in [3.05, 3.63) is 29.8 Å². The smallest absolute Gasteiger partial charge is 0.317 e.